The van der Waals surface area contributed by atoms with Crippen molar-refractivity contribution in [2.75, 3.05) is 19.0 Å². The van der Waals surface area contributed by atoms with Crippen molar-refractivity contribution in [3.05, 3.63) is 24.3 Å². The molecule has 1 N–H and O–H groups in total. The monoisotopic (exact) mass is 193 g/mol. The van der Waals surface area contributed by atoms with Crippen molar-refractivity contribution in [1.29, 1.82) is 0 Å². The minimum atomic E-state index is 0.709. The van der Waals surface area contributed by atoms with Crippen LogP contribution in [0.1, 0.15) is 20.3 Å². The summed E-state index contributed by atoms with van der Waals surface area (Å²) in [5, 5.41) is 3.39. The molecule has 0 heterocycles. The Balaban J connectivity index is 2.50. The summed E-state index contributed by atoms with van der Waals surface area (Å²) in [5.74, 6) is 1.61. The molecule has 14 heavy (non-hydrogen) atoms. The largest absolute Gasteiger partial charge is 0.497 e. The highest BCUT2D eigenvalue weighted by Crippen LogP contribution is 2.17. The fourth-order valence-electron chi connectivity index (χ4n) is 1.17. The predicted octanol–water partition coefficient (Wildman–Crippen LogP) is 3.15. The van der Waals surface area contributed by atoms with Crippen LogP contribution in [-0.2, 0) is 0 Å². The maximum atomic E-state index is 5.15. The Morgan fingerprint density at radius 1 is 1.43 bits per heavy atom. The van der Waals surface area contributed by atoms with Crippen LogP contribution in [0.5, 0.6) is 5.75 Å². The molecule has 0 aromatic heterocycles. The van der Waals surface area contributed by atoms with Crippen LogP contribution < -0.4 is 10.1 Å². The highest BCUT2D eigenvalue weighted by molar-refractivity contribution is 5.48. The molecule has 0 aliphatic rings. The standard InChI is InChI=1S/C12H19NO/c1-4-10(2)9-13-11-6-5-7-12(8-11)14-3/h5-8,10,13H,4,9H2,1-3H3/t10-/m1/s1. The molecule has 0 bridgehead atoms. The zero-order valence-electron chi connectivity index (χ0n) is 9.21. The number of ether oxygens (including phenoxy) is 1. The topological polar surface area (TPSA) is 21.3 Å². The van der Waals surface area contributed by atoms with Gasteiger partial charge in [-0.3, -0.25) is 0 Å². The van der Waals surface area contributed by atoms with Crippen LogP contribution >= 0.6 is 0 Å². The van der Waals surface area contributed by atoms with Gasteiger partial charge in [0.25, 0.3) is 0 Å². The van der Waals surface area contributed by atoms with Crippen molar-refractivity contribution in [2.24, 2.45) is 5.92 Å². The van der Waals surface area contributed by atoms with Gasteiger partial charge in [0, 0.05) is 18.3 Å². The first-order valence-corrected chi connectivity index (χ1v) is 5.14. The molecule has 1 atom stereocenters. The summed E-state index contributed by atoms with van der Waals surface area (Å²) in [4.78, 5) is 0. The quantitative estimate of drug-likeness (QED) is 0.775. The smallest absolute Gasteiger partial charge is 0.120 e. The van der Waals surface area contributed by atoms with Gasteiger partial charge >= 0.3 is 0 Å². The third-order valence-electron chi connectivity index (χ3n) is 2.42. The molecule has 0 amide bonds. The van der Waals surface area contributed by atoms with E-state index in [0.717, 1.165) is 18.0 Å². The molecule has 0 radical (unpaired) electrons. The van der Waals surface area contributed by atoms with Gasteiger partial charge in [-0.2, -0.15) is 0 Å². The molecule has 0 aliphatic heterocycles. The first-order valence-electron chi connectivity index (χ1n) is 5.14. The van der Waals surface area contributed by atoms with E-state index in [-0.39, 0.29) is 0 Å². The Morgan fingerprint density at radius 2 is 2.21 bits per heavy atom. The first-order chi connectivity index (χ1) is 6.76. The molecular weight excluding hydrogens is 174 g/mol. The average Bonchev–Trinajstić information content (AvgIpc) is 2.26. The lowest BCUT2D eigenvalue weighted by atomic mass is 10.1. The van der Waals surface area contributed by atoms with Crippen LogP contribution in [0.25, 0.3) is 0 Å². The van der Waals surface area contributed by atoms with Gasteiger partial charge < -0.3 is 10.1 Å². The van der Waals surface area contributed by atoms with Crippen LogP contribution in [0, 0.1) is 5.92 Å². The van der Waals surface area contributed by atoms with Crippen LogP contribution in [-0.4, -0.2) is 13.7 Å². The zero-order valence-corrected chi connectivity index (χ0v) is 9.21. The third-order valence-corrected chi connectivity index (χ3v) is 2.42. The fourth-order valence-corrected chi connectivity index (χ4v) is 1.17. The van der Waals surface area contributed by atoms with E-state index < -0.39 is 0 Å². The zero-order chi connectivity index (χ0) is 10.4. The second kappa shape index (κ2) is 5.53. The molecular formula is C12H19NO. The van der Waals surface area contributed by atoms with Crippen LogP contribution in [0.2, 0.25) is 0 Å². The summed E-state index contributed by atoms with van der Waals surface area (Å²) in [6.45, 7) is 5.47. The SMILES string of the molecule is CC[C@@H](C)CNc1cccc(OC)c1. The van der Waals surface area contributed by atoms with E-state index in [1.54, 1.807) is 7.11 Å². The van der Waals surface area contributed by atoms with Crippen LogP contribution in [0.3, 0.4) is 0 Å². The third kappa shape index (κ3) is 3.29. The Labute approximate surface area is 86.3 Å². The van der Waals surface area contributed by atoms with Gasteiger partial charge in [0.1, 0.15) is 5.75 Å². The molecule has 2 nitrogen and oxygen atoms in total. The van der Waals surface area contributed by atoms with Crippen molar-refractivity contribution < 1.29 is 4.74 Å². The first kappa shape index (κ1) is 10.9. The Bertz CT molecular complexity index is 273. The number of benzene rings is 1. The highest BCUT2D eigenvalue weighted by Gasteiger charge is 1.99. The molecule has 0 aliphatic carbocycles. The summed E-state index contributed by atoms with van der Waals surface area (Å²) in [6.07, 6.45) is 1.21. The Kier molecular flexibility index (Phi) is 4.30. The number of nitrogens with one attached hydrogen (secondary N) is 1. The summed E-state index contributed by atoms with van der Waals surface area (Å²) in [6, 6.07) is 8.03. The molecule has 0 unspecified atom stereocenters. The summed E-state index contributed by atoms with van der Waals surface area (Å²) >= 11 is 0. The van der Waals surface area contributed by atoms with E-state index >= 15 is 0 Å². The summed E-state index contributed by atoms with van der Waals surface area (Å²) in [5.41, 5.74) is 1.13. The van der Waals surface area contributed by atoms with Gasteiger partial charge in [-0.25, -0.2) is 0 Å². The van der Waals surface area contributed by atoms with Crippen LogP contribution in [0.15, 0.2) is 24.3 Å². The van der Waals surface area contributed by atoms with E-state index in [0.29, 0.717) is 5.92 Å². The van der Waals surface area contributed by atoms with Crippen molar-refractivity contribution >= 4 is 5.69 Å². The number of anilines is 1. The van der Waals surface area contributed by atoms with Gasteiger partial charge in [-0.1, -0.05) is 26.3 Å². The minimum absolute atomic E-state index is 0.709. The van der Waals surface area contributed by atoms with Gasteiger partial charge in [0.05, 0.1) is 7.11 Å². The predicted molar refractivity (Wildman–Crippen MR) is 60.9 cm³/mol. The molecule has 0 saturated carbocycles. The molecule has 78 valence electrons. The maximum absolute atomic E-state index is 5.15. The van der Waals surface area contributed by atoms with E-state index in [1.165, 1.54) is 6.42 Å². The lowest BCUT2D eigenvalue weighted by Gasteiger charge is -2.11. The van der Waals surface area contributed by atoms with E-state index in [4.69, 9.17) is 4.74 Å². The Hall–Kier alpha value is -1.18. The number of hydrogen-bond donors (Lipinski definition) is 1. The Morgan fingerprint density at radius 3 is 2.86 bits per heavy atom. The highest BCUT2D eigenvalue weighted by atomic mass is 16.5. The van der Waals surface area contributed by atoms with E-state index in [9.17, 15) is 0 Å². The number of methoxy groups -OCH3 is 1. The van der Waals surface area contributed by atoms with Crippen molar-refractivity contribution in [3.8, 4) is 5.75 Å². The second-order valence-electron chi connectivity index (χ2n) is 3.63. The average molecular weight is 193 g/mol. The van der Waals surface area contributed by atoms with Gasteiger partial charge in [0.15, 0.2) is 0 Å². The van der Waals surface area contributed by atoms with E-state index in [1.807, 2.05) is 18.2 Å². The molecule has 1 aromatic carbocycles. The van der Waals surface area contributed by atoms with Crippen molar-refractivity contribution in [3.63, 3.8) is 0 Å². The summed E-state index contributed by atoms with van der Waals surface area (Å²) in [7, 11) is 1.69. The maximum Gasteiger partial charge on any atom is 0.120 e. The molecule has 2 heteroatoms. The molecule has 0 fully saturated rings. The lowest BCUT2D eigenvalue weighted by Crippen LogP contribution is -2.10. The number of hydrogen-bond acceptors (Lipinski definition) is 2. The summed E-state index contributed by atoms with van der Waals surface area (Å²) < 4.78 is 5.15. The molecule has 1 aromatic rings. The second-order valence-corrected chi connectivity index (χ2v) is 3.63. The fraction of sp³-hybridized carbons (Fsp3) is 0.500. The van der Waals surface area contributed by atoms with Gasteiger partial charge in [-0.05, 0) is 18.1 Å². The number of rotatable bonds is 5. The van der Waals surface area contributed by atoms with Crippen LogP contribution in [0.4, 0.5) is 5.69 Å². The molecule has 1 rings (SSSR count). The normalized spacial score (nSPS) is 12.2. The van der Waals surface area contributed by atoms with Crippen molar-refractivity contribution in [2.45, 2.75) is 20.3 Å². The van der Waals surface area contributed by atoms with Crippen molar-refractivity contribution in [1.82, 2.24) is 0 Å². The van der Waals surface area contributed by atoms with E-state index in [2.05, 4.69) is 25.2 Å². The lowest BCUT2D eigenvalue weighted by molar-refractivity contribution is 0.415. The molecule has 0 saturated heterocycles. The molecule has 0 spiro atoms. The van der Waals surface area contributed by atoms with Gasteiger partial charge in [-0.15, -0.1) is 0 Å². The minimum Gasteiger partial charge on any atom is -0.497 e. The van der Waals surface area contributed by atoms with Gasteiger partial charge in [0.2, 0.25) is 0 Å².